The Morgan fingerprint density at radius 3 is 2.53 bits per heavy atom. The van der Waals surface area contributed by atoms with Crippen molar-refractivity contribution in [3.8, 4) is 0 Å². The van der Waals surface area contributed by atoms with E-state index in [-0.39, 0.29) is 18.1 Å². The number of amides is 1. The molecule has 1 spiro atoms. The molecule has 0 aromatic heterocycles. The summed E-state index contributed by atoms with van der Waals surface area (Å²) in [6.45, 7) is 3.02. The molecule has 0 radical (unpaired) electrons. The van der Waals surface area contributed by atoms with Gasteiger partial charge >= 0.3 is 5.97 Å². The van der Waals surface area contributed by atoms with Gasteiger partial charge in [0.15, 0.2) is 0 Å². The van der Waals surface area contributed by atoms with Crippen LogP contribution in [0.25, 0.3) is 0 Å². The van der Waals surface area contributed by atoms with Crippen molar-refractivity contribution >= 4 is 11.9 Å². The molecule has 2 N–H and O–H groups in total. The van der Waals surface area contributed by atoms with Crippen LogP contribution in [0.3, 0.4) is 0 Å². The Labute approximate surface area is 200 Å². The number of nitrogens with zero attached hydrogens (tertiary/aromatic N) is 1. The summed E-state index contributed by atoms with van der Waals surface area (Å²) in [5.74, 6) is -0.0625. The number of fused-ring (bicyclic) bond motifs is 1. The highest BCUT2D eigenvalue weighted by atomic mass is 16.5. The lowest BCUT2D eigenvalue weighted by atomic mass is 9.87. The lowest BCUT2D eigenvalue weighted by molar-refractivity contribution is -0.142. The first-order valence-corrected chi connectivity index (χ1v) is 12.6. The fraction of sp³-hybridized carbons (Fsp3) is 0.500. The third-order valence-corrected chi connectivity index (χ3v) is 8.66. The van der Waals surface area contributed by atoms with E-state index in [9.17, 15) is 14.7 Å². The van der Waals surface area contributed by atoms with E-state index in [1.54, 1.807) is 6.07 Å². The van der Waals surface area contributed by atoms with Crippen LogP contribution < -0.4 is 5.32 Å². The van der Waals surface area contributed by atoms with Crippen LogP contribution in [-0.2, 0) is 22.5 Å². The van der Waals surface area contributed by atoms with E-state index >= 15 is 0 Å². The van der Waals surface area contributed by atoms with Gasteiger partial charge in [0.2, 0.25) is 0 Å². The first-order valence-electron chi connectivity index (χ1n) is 12.6. The van der Waals surface area contributed by atoms with Crippen molar-refractivity contribution < 1.29 is 19.4 Å². The zero-order valence-electron chi connectivity index (χ0n) is 19.5. The molecule has 1 amide bonds. The van der Waals surface area contributed by atoms with Crippen molar-refractivity contribution in [1.82, 2.24) is 10.2 Å². The van der Waals surface area contributed by atoms with Crippen LogP contribution in [0, 0.1) is 5.41 Å². The molecule has 3 heterocycles. The number of likely N-dealkylation sites (tertiary alicyclic amines) is 1. The Morgan fingerprint density at radius 2 is 1.82 bits per heavy atom. The normalized spacial score (nSPS) is 27.4. The standard InChI is InChI=1S/C28H32N2O4/c31-26(25-5-2-14-34-25)30-12-10-28(11-13-30)16-23(28)18-6-8-19(9-7-18)24-15-20-3-1-4-21(27(32)33)22(20)17-29-24/h1,3-4,6-9,23-25,29H,2,5,10-17H2,(H,32,33)/t23-,24?,25+/m0/s1. The maximum atomic E-state index is 12.7. The van der Waals surface area contributed by atoms with Gasteiger partial charge in [-0.1, -0.05) is 36.4 Å². The number of hydrogen-bond acceptors (Lipinski definition) is 4. The molecule has 3 fully saturated rings. The fourth-order valence-corrected chi connectivity index (χ4v) is 6.47. The molecule has 0 bridgehead atoms. The molecule has 6 heteroatoms. The van der Waals surface area contributed by atoms with Gasteiger partial charge in [-0.25, -0.2) is 4.79 Å². The first kappa shape index (κ1) is 21.8. The molecule has 2 saturated heterocycles. The Morgan fingerprint density at radius 1 is 1.06 bits per heavy atom. The van der Waals surface area contributed by atoms with Crippen LogP contribution in [-0.4, -0.2) is 47.7 Å². The molecule has 3 atom stereocenters. The van der Waals surface area contributed by atoms with Crippen LogP contribution in [0.15, 0.2) is 42.5 Å². The van der Waals surface area contributed by atoms with Gasteiger partial charge in [-0.15, -0.1) is 0 Å². The summed E-state index contributed by atoms with van der Waals surface area (Å²) in [4.78, 5) is 26.2. The summed E-state index contributed by atoms with van der Waals surface area (Å²) in [6.07, 6.45) is 5.87. The predicted molar refractivity (Wildman–Crippen MR) is 128 cm³/mol. The molecule has 3 aliphatic heterocycles. The average Bonchev–Trinajstić information content (AvgIpc) is 3.28. The molecule has 1 unspecified atom stereocenters. The number of aromatic carboxylic acids is 1. The SMILES string of the molecule is O=C(O)c1cccc2c1CNC(c1ccc([C@@H]3CC34CCN(C(=O)[C@H]3CCCO3)CC4)cc1)C2. The number of carbonyl (C=O) groups is 2. The van der Waals surface area contributed by atoms with Crippen LogP contribution in [0.5, 0.6) is 0 Å². The molecule has 34 heavy (non-hydrogen) atoms. The summed E-state index contributed by atoms with van der Waals surface area (Å²) in [5, 5.41) is 13.0. The summed E-state index contributed by atoms with van der Waals surface area (Å²) >= 11 is 0. The summed E-state index contributed by atoms with van der Waals surface area (Å²) in [7, 11) is 0. The van der Waals surface area contributed by atoms with Crippen molar-refractivity contribution in [2.45, 2.75) is 63.1 Å². The van der Waals surface area contributed by atoms with Gasteiger partial charge < -0.3 is 20.1 Å². The predicted octanol–water partition coefficient (Wildman–Crippen LogP) is 4.05. The van der Waals surface area contributed by atoms with Gasteiger partial charge in [-0.05, 0) is 78.2 Å². The van der Waals surface area contributed by atoms with Crippen molar-refractivity contribution in [3.05, 3.63) is 70.3 Å². The molecule has 6 rings (SSSR count). The minimum absolute atomic E-state index is 0.200. The lowest BCUT2D eigenvalue weighted by Crippen LogP contribution is -2.44. The number of carbonyl (C=O) groups excluding carboxylic acids is 1. The third-order valence-electron chi connectivity index (χ3n) is 8.66. The molecule has 6 nitrogen and oxygen atoms in total. The van der Waals surface area contributed by atoms with Gasteiger partial charge in [0.05, 0.1) is 5.56 Å². The Balaban J connectivity index is 1.08. The maximum absolute atomic E-state index is 12.7. The first-order chi connectivity index (χ1) is 16.5. The molecular formula is C28H32N2O4. The Hall–Kier alpha value is -2.70. The monoisotopic (exact) mass is 460 g/mol. The van der Waals surface area contributed by atoms with E-state index in [1.165, 1.54) is 17.5 Å². The number of nitrogens with one attached hydrogen (secondary N) is 1. The Kier molecular flexibility index (Phi) is 5.46. The number of carboxylic acids is 1. The van der Waals surface area contributed by atoms with Crippen molar-refractivity contribution in [1.29, 1.82) is 0 Å². The molecular weight excluding hydrogens is 428 g/mol. The molecule has 1 saturated carbocycles. The van der Waals surface area contributed by atoms with E-state index in [2.05, 4.69) is 29.6 Å². The highest BCUT2D eigenvalue weighted by Gasteiger charge is 2.55. The second-order valence-electron chi connectivity index (χ2n) is 10.5. The minimum Gasteiger partial charge on any atom is -0.478 e. The van der Waals surface area contributed by atoms with Crippen LogP contribution in [0.2, 0.25) is 0 Å². The largest absolute Gasteiger partial charge is 0.478 e. The van der Waals surface area contributed by atoms with Gasteiger partial charge in [0.1, 0.15) is 6.10 Å². The number of rotatable bonds is 4. The summed E-state index contributed by atoms with van der Waals surface area (Å²) in [5.41, 5.74) is 5.46. The van der Waals surface area contributed by atoms with E-state index in [0.29, 0.717) is 23.4 Å². The summed E-state index contributed by atoms with van der Waals surface area (Å²) < 4.78 is 5.60. The maximum Gasteiger partial charge on any atom is 0.336 e. The topological polar surface area (TPSA) is 78.9 Å². The second-order valence-corrected chi connectivity index (χ2v) is 10.5. The molecule has 4 aliphatic rings. The highest BCUT2D eigenvalue weighted by Crippen LogP contribution is 2.65. The average molecular weight is 461 g/mol. The van der Waals surface area contributed by atoms with E-state index in [1.807, 2.05) is 17.0 Å². The van der Waals surface area contributed by atoms with Gasteiger partial charge in [-0.2, -0.15) is 0 Å². The molecule has 2 aromatic carbocycles. The molecule has 178 valence electrons. The highest BCUT2D eigenvalue weighted by molar-refractivity contribution is 5.89. The third kappa shape index (κ3) is 3.83. The number of ether oxygens (including phenoxy) is 1. The van der Waals surface area contributed by atoms with Crippen molar-refractivity contribution in [3.63, 3.8) is 0 Å². The smallest absolute Gasteiger partial charge is 0.336 e. The summed E-state index contributed by atoms with van der Waals surface area (Å²) in [6, 6.07) is 14.8. The van der Waals surface area contributed by atoms with Gasteiger partial charge in [0, 0.05) is 32.3 Å². The minimum atomic E-state index is -0.859. The van der Waals surface area contributed by atoms with Crippen LogP contribution in [0.4, 0.5) is 0 Å². The molecule has 1 aliphatic carbocycles. The van der Waals surface area contributed by atoms with Gasteiger partial charge in [-0.3, -0.25) is 4.79 Å². The van der Waals surface area contributed by atoms with Crippen molar-refractivity contribution in [2.24, 2.45) is 5.41 Å². The fourth-order valence-electron chi connectivity index (χ4n) is 6.47. The zero-order valence-corrected chi connectivity index (χ0v) is 19.5. The number of carboxylic acid groups (broad SMARTS) is 1. The van der Waals surface area contributed by atoms with Crippen LogP contribution >= 0.6 is 0 Å². The number of benzene rings is 2. The molecule has 2 aromatic rings. The van der Waals surface area contributed by atoms with Gasteiger partial charge in [0.25, 0.3) is 5.91 Å². The number of hydrogen-bond donors (Lipinski definition) is 2. The van der Waals surface area contributed by atoms with Crippen molar-refractivity contribution in [2.75, 3.05) is 19.7 Å². The second kappa shape index (κ2) is 8.51. The zero-order chi connectivity index (χ0) is 23.3. The Bertz CT molecular complexity index is 1100. The lowest BCUT2D eigenvalue weighted by Gasteiger charge is -2.34. The van der Waals surface area contributed by atoms with Crippen LogP contribution in [0.1, 0.15) is 76.7 Å². The van der Waals surface area contributed by atoms with E-state index in [0.717, 1.165) is 62.9 Å². The number of piperidine rings is 1. The quantitative estimate of drug-likeness (QED) is 0.720. The van der Waals surface area contributed by atoms with E-state index < -0.39 is 5.97 Å². The van der Waals surface area contributed by atoms with E-state index in [4.69, 9.17) is 4.74 Å².